The van der Waals surface area contributed by atoms with Gasteiger partial charge in [0.25, 0.3) is 0 Å². The summed E-state index contributed by atoms with van der Waals surface area (Å²) in [5.41, 5.74) is 1.45. The SMILES string of the molecule is CCCOc1c(Br)cc(/C=C2\N=C(c3ccc(Cl)c(Cl)c3)OC2=O)cc1OCC. The number of benzene rings is 2. The minimum Gasteiger partial charge on any atom is -0.490 e. The maximum atomic E-state index is 12.3. The summed E-state index contributed by atoms with van der Waals surface area (Å²) in [6, 6.07) is 8.54. The first kappa shape index (κ1) is 21.7. The molecule has 2 aromatic rings. The molecule has 0 amide bonds. The number of hydrogen-bond donors (Lipinski definition) is 0. The molecule has 0 saturated carbocycles. The monoisotopic (exact) mass is 497 g/mol. The van der Waals surface area contributed by atoms with Crippen LogP contribution < -0.4 is 9.47 Å². The van der Waals surface area contributed by atoms with Crippen LogP contribution in [0.15, 0.2) is 45.5 Å². The van der Waals surface area contributed by atoms with Crippen molar-refractivity contribution in [2.24, 2.45) is 4.99 Å². The van der Waals surface area contributed by atoms with Crippen LogP contribution in [0.3, 0.4) is 0 Å². The Kier molecular flexibility index (Phi) is 7.22. The zero-order chi connectivity index (χ0) is 21.0. The molecule has 2 aromatic carbocycles. The highest BCUT2D eigenvalue weighted by Gasteiger charge is 2.25. The molecule has 5 nitrogen and oxygen atoms in total. The first-order chi connectivity index (χ1) is 13.9. The summed E-state index contributed by atoms with van der Waals surface area (Å²) < 4.78 is 17.5. The number of carbonyl (C=O) groups is 1. The van der Waals surface area contributed by atoms with Crippen molar-refractivity contribution in [3.05, 3.63) is 61.7 Å². The quantitative estimate of drug-likeness (QED) is 0.332. The standard InChI is InChI=1S/C21H18BrCl2NO4/c1-3-7-28-19-14(22)8-12(10-18(19)27-4-2)9-17-21(26)29-20(25-17)13-5-6-15(23)16(24)11-13/h5-6,8-11H,3-4,7H2,1-2H3/b17-9-. The molecule has 0 spiro atoms. The molecule has 0 atom stereocenters. The van der Waals surface area contributed by atoms with Gasteiger partial charge < -0.3 is 14.2 Å². The molecule has 152 valence electrons. The summed E-state index contributed by atoms with van der Waals surface area (Å²) in [4.78, 5) is 16.6. The van der Waals surface area contributed by atoms with Crippen LogP contribution in [-0.2, 0) is 9.53 Å². The van der Waals surface area contributed by atoms with E-state index in [-0.39, 0.29) is 11.6 Å². The minimum atomic E-state index is -0.550. The van der Waals surface area contributed by atoms with E-state index in [1.54, 1.807) is 30.3 Å². The van der Waals surface area contributed by atoms with Gasteiger partial charge >= 0.3 is 5.97 Å². The molecular weight excluding hydrogens is 481 g/mol. The Morgan fingerprint density at radius 2 is 1.93 bits per heavy atom. The van der Waals surface area contributed by atoms with E-state index in [0.29, 0.717) is 40.3 Å². The van der Waals surface area contributed by atoms with E-state index in [1.807, 2.05) is 19.9 Å². The van der Waals surface area contributed by atoms with Crippen LogP contribution in [0.2, 0.25) is 10.0 Å². The van der Waals surface area contributed by atoms with Gasteiger partial charge in [-0.25, -0.2) is 9.79 Å². The second kappa shape index (κ2) is 9.65. The molecule has 0 aromatic heterocycles. The Hall–Kier alpha value is -2.02. The number of ether oxygens (including phenoxy) is 3. The fraction of sp³-hybridized carbons (Fsp3) is 0.238. The number of cyclic esters (lactones) is 1. The van der Waals surface area contributed by atoms with Gasteiger partial charge in [-0.05, 0) is 71.2 Å². The van der Waals surface area contributed by atoms with Crippen molar-refractivity contribution in [2.45, 2.75) is 20.3 Å². The summed E-state index contributed by atoms with van der Waals surface area (Å²) in [6.07, 6.45) is 2.51. The van der Waals surface area contributed by atoms with Crippen molar-refractivity contribution in [1.29, 1.82) is 0 Å². The zero-order valence-corrected chi connectivity index (χ0v) is 18.9. The largest absolute Gasteiger partial charge is 0.490 e. The van der Waals surface area contributed by atoms with Gasteiger partial charge in [0.2, 0.25) is 5.90 Å². The molecule has 1 heterocycles. The lowest BCUT2D eigenvalue weighted by atomic mass is 10.1. The van der Waals surface area contributed by atoms with E-state index < -0.39 is 5.97 Å². The third-order valence-electron chi connectivity index (χ3n) is 3.87. The van der Waals surface area contributed by atoms with Crippen molar-refractivity contribution in [1.82, 2.24) is 0 Å². The van der Waals surface area contributed by atoms with Crippen molar-refractivity contribution in [3.63, 3.8) is 0 Å². The van der Waals surface area contributed by atoms with Crippen LogP contribution in [-0.4, -0.2) is 25.1 Å². The molecule has 0 saturated heterocycles. The van der Waals surface area contributed by atoms with Crippen molar-refractivity contribution in [3.8, 4) is 11.5 Å². The van der Waals surface area contributed by atoms with Crippen LogP contribution in [0.5, 0.6) is 11.5 Å². The predicted octanol–water partition coefficient (Wildman–Crippen LogP) is 6.29. The van der Waals surface area contributed by atoms with Gasteiger partial charge in [-0.3, -0.25) is 0 Å². The van der Waals surface area contributed by atoms with Gasteiger partial charge in [-0.2, -0.15) is 0 Å². The molecule has 0 fully saturated rings. The van der Waals surface area contributed by atoms with E-state index in [1.165, 1.54) is 0 Å². The number of aliphatic imine (C=N–C) groups is 1. The molecule has 1 aliphatic rings. The van der Waals surface area contributed by atoms with Crippen LogP contribution in [0, 0.1) is 0 Å². The predicted molar refractivity (Wildman–Crippen MR) is 118 cm³/mol. The number of hydrogen-bond acceptors (Lipinski definition) is 5. The summed E-state index contributed by atoms with van der Waals surface area (Å²) in [5.74, 6) is 0.838. The second-order valence-corrected chi connectivity index (χ2v) is 7.75. The molecule has 3 rings (SSSR count). The molecule has 1 aliphatic heterocycles. The third kappa shape index (κ3) is 5.13. The van der Waals surface area contributed by atoms with Gasteiger partial charge in [0.05, 0.1) is 27.7 Å². The summed E-state index contributed by atoms with van der Waals surface area (Å²) >= 11 is 15.5. The van der Waals surface area contributed by atoms with E-state index in [0.717, 1.165) is 16.5 Å². The molecular formula is C21H18BrCl2NO4. The highest BCUT2D eigenvalue weighted by Crippen LogP contribution is 2.38. The fourth-order valence-electron chi connectivity index (χ4n) is 2.60. The van der Waals surface area contributed by atoms with Gasteiger partial charge in [0, 0.05) is 5.56 Å². The fourth-order valence-corrected chi connectivity index (χ4v) is 3.47. The summed E-state index contributed by atoms with van der Waals surface area (Å²) in [5, 5.41) is 0.767. The van der Waals surface area contributed by atoms with Gasteiger partial charge in [-0.15, -0.1) is 0 Å². The normalized spacial score (nSPS) is 14.7. The van der Waals surface area contributed by atoms with Crippen molar-refractivity contribution in [2.75, 3.05) is 13.2 Å². The average Bonchev–Trinajstić information content (AvgIpc) is 3.04. The number of esters is 1. The van der Waals surface area contributed by atoms with E-state index in [9.17, 15) is 4.79 Å². The maximum absolute atomic E-state index is 12.3. The average molecular weight is 499 g/mol. The van der Waals surface area contributed by atoms with E-state index >= 15 is 0 Å². The Labute approximate surface area is 187 Å². The molecule has 0 radical (unpaired) electrons. The molecule has 8 heteroatoms. The minimum absolute atomic E-state index is 0.169. The molecule has 0 N–H and O–H groups in total. The smallest absolute Gasteiger partial charge is 0.363 e. The number of carbonyl (C=O) groups excluding carboxylic acids is 1. The highest BCUT2D eigenvalue weighted by molar-refractivity contribution is 9.10. The van der Waals surface area contributed by atoms with Crippen molar-refractivity contribution < 1.29 is 19.0 Å². The first-order valence-electron chi connectivity index (χ1n) is 9.00. The Balaban J connectivity index is 1.95. The van der Waals surface area contributed by atoms with E-state index in [2.05, 4.69) is 20.9 Å². The van der Waals surface area contributed by atoms with Crippen LogP contribution in [0.25, 0.3) is 6.08 Å². The van der Waals surface area contributed by atoms with Gasteiger partial charge in [-0.1, -0.05) is 30.1 Å². The lowest BCUT2D eigenvalue weighted by Gasteiger charge is -2.14. The Morgan fingerprint density at radius 1 is 1.14 bits per heavy atom. The van der Waals surface area contributed by atoms with Gasteiger partial charge in [0.1, 0.15) is 0 Å². The number of nitrogens with zero attached hydrogens (tertiary/aromatic N) is 1. The molecule has 29 heavy (non-hydrogen) atoms. The summed E-state index contributed by atoms with van der Waals surface area (Å²) in [6.45, 7) is 4.98. The lowest BCUT2D eigenvalue weighted by molar-refractivity contribution is -0.129. The zero-order valence-electron chi connectivity index (χ0n) is 15.8. The van der Waals surface area contributed by atoms with Crippen molar-refractivity contribution >= 4 is 57.1 Å². The summed E-state index contributed by atoms with van der Waals surface area (Å²) in [7, 11) is 0. The maximum Gasteiger partial charge on any atom is 0.363 e. The van der Waals surface area contributed by atoms with E-state index in [4.69, 9.17) is 37.4 Å². The topological polar surface area (TPSA) is 57.1 Å². The second-order valence-electron chi connectivity index (χ2n) is 6.08. The van der Waals surface area contributed by atoms with Crippen LogP contribution in [0.1, 0.15) is 31.4 Å². The molecule has 0 aliphatic carbocycles. The number of rotatable bonds is 7. The third-order valence-corrected chi connectivity index (χ3v) is 5.20. The molecule has 0 bridgehead atoms. The lowest BCUT2D eigenvalue weighted by Crippen LogP contribution is -2.05. The highest BCUT2D eigenvalue weighted by atomic mass is 79.9. The first-order valence-corrected chi connectivity index (χ1v) is 10.5. The Morgan fingerprint density at radius 3 is 2.62 bits per heavy atom. The van der Waals surface area contributed by atoms with Crippen LogP contribution >= 0.6 is 39.1 Å². The number of halogens is 3. The molecule has 0 unspecified atom stereocenters. The van der Waals surface area contributed by atoms with Gasteiger partial charge in [0.15, 0.2) is 17.2 Å². The van der Waals surface area contributed by atoms with Crippen LogP contribution in [0.4, 0.5) is 0 Å². The Bertz CT molecular complexity index is 1000.